The van der Waals surface area contributed by atoms with E-state index in [-0.39, 0.29) is 48.9 Å². The lowest BCUT2D eigenvalue weighted by atomic mass is 10.1. The number of ether oxygens (including phenoxy) is 5. The number of rotatable bonds is 6. The molecule has 1 N–H and O–H groups in total. The average Bonchev–Trinajstić information content (AvgIpc) is 4.03. The minimum Gasteiger partial charge on any atom is -0.492 e. The van der Waals surface area contributed by atoms with Crippen molar-refractivity contribution in [2.75, 3.05) is 52.6 Å². The molecule has 0 spiro atoms. The van der Waals surface area contributed by atoms with Crippen molar-refractivity contribution in [2.45, 2.75) is 117 Å². The van der Waals surface area contributed by atoms with E-state index in [9.17, 15) is 14.0 Å². The maximum Gasteiger partial charge on any atom is 0.410 e. The molecule has 2 aromatic carbocycles. The summed E-state index contributed by atoms with van der Waals surface area (Å²) in [7, 11) is 0. The standard InChI is InChI=1S/C22H30BrN3O4.C12H12BrFN2O.C10H19NO3/c1-22(2,3)30-21(27)25-8-7-15(13-25)14-29-19-11-16(23)10-18-17(19)12-24-26(18)20-6-4-5-9-28-20;13-8-5-10(14)9-7-15-16(11(9)6-8)12-3-1-2-4-17-12;1-10(2,3)14-9(13)11-5-4-8(6-11)7-12/h10-12,15,20H,4-9,13-14H2,1-3H3;5-7,12H,1-4H2;8,12H,4-7H2,1-3H3/t15-,20?;;8-/m0.0/s1. The number of benzene rings is 2. The summed E-state index contributed by atoms with van der Waals surface area (Å²) < 4.78 is 47.6. The number of fused-ring (bicyclic) bond motifs is 2. The van der Waals surface area contributed by atoms with Crippen molar-refractivity contribution < 1.29 is 42.8 Å². The highest BCUT2D eigenvalue weighted by atomic mass is 79.9. The summed E-state index contributed by atoms with van der Waals surface area (Å²) in [6, 6.07) is 7.38. The zero-order valence-corrected chi connectivity index (χ0v) is 39.4. The molecule has 4 saturated heterocycles. The van der Waals surface area contributed by atoms with Crippen molar-refractivity contribution >= 4 is 65.9 Å². The van der Waals surface area contributed by atoms with E-state index in [0.29, 0.717) is 38.2 Å². The Morgan fingerprint density at radius 3 is 1.72 bits per heavy atom. The molecule has 0 radical (unpaired) electrons. The van der Waals surface area contributed by atoms with Crippen molar-refractivity contribution in [1.29, 1.82) is 0 Å². The Hall–Kier alpha value is -3.51. The van der Waals surface area contributed by atoms with E-state index in [1.165, 1.54) is 6.07 Å². The van der Waals surface area contributed by atoms with Crippen LogP contribution in [0.2, 0.25) is 0 Å². The van der Waals surface area contributed by atoms with Crippen molar-refractivity contribution in [1.82, 2.24) is 29.4 Å². The third kappa shape index (κ3) is 13.0. The fourth-order valence-corrected chi connectivity index (χ4v) is 8.55. The van der Waals surface area contributed by atoms with E-state index >= 15 is 0 Å². The van der Waals surface area contributed by atoms with Gasteiger partial charge in [-0.05, 0) is 117 Å². The fraction of sp³-hybridized carbons (Fsp3) is 0.636. The molecule has 6 heterocycles. The third-order valence-corrected chi connectivity index (χ3v) is 11.7. The van der Waals surface area contributed by atoms with Crippen LogP contribution in [-0.4, -0.2) is 110 Å². The van der Waals surface area contributed by atoms with Crippen LogP contribution in [0.15, 0.2) is 45.6 Å². The van der Waals surface area contributed by atoms with E-state index in [4.69, 9.17) is 28.8 Å². The summed E-state index contributed by atoms with van der Waals surface area (Å²) >= 11 is 6.91. The van der Waals surface area contributed by atoms with Gasteiger partial charge in [0.2, 0.25) is 0 Å². The minimum absolute atomic E-state index is 0.0179. The second-order valence-electron chi connectivity index (χ2n) is 18.1. The molecule has 4 aliphatic rings. The number of nitrogens with zero attached hydrogens (tertiary/aromatic N) is 6. The van der Waals surface area contributed by atoms with Gasteiger partial charge in [0.25, 0.3) is 0 Å². The molecule has 4 aliphatic heterocycles. The van der Waals surface area contributed by atoms with Gasteiger partial charge in [-0.25, -0.2) is 23.3 Å². The summed E-state index contributed by atoms with van der Waals surface area (Å²) in [4.78, 5) is 27.3. The summed E-state index contributed by atoms with van der Waals surface area (Å²) in [5, 5.41) is 19.3. The zero-order valence-electron chi connectivity index (χ0n) is 36.2. The number of amides is 2. The van der Waals surface area contributed by atoms with Gasteiger partial charge in [0.1, 0.15) is 22.8 Å². The highest BCUT2D eigenvalue weighted by Gasteiger charge is 2.31. The number of likely N-dealkylation sites (tertiary alicyclic amines) is 2. The average molecular weight is 981 g/mol. The smallest absolute Gasteiger partial charge is 0.410 e. The van der Waals surface area contributed by atoms with Gasteiger partial charge >= 0.3 is 12.2 Å². The lowest BCUT2D eigenvalue weighted by Gasteiger charge is -2.24. The number of halogens is 3. The van der Waals surface area contributed by atoms with E-state index in [2.05, 4.69) is 48.1 Å². The lowest BCUT2D eigenvalue weighted by Crippen LogP contribution is -2.35. The first-order valence-corrected chi connectivity index (χ1v) is 23.0. The van der Waals surface area contributed by atoms with Crippen molar-refractivity contribution in [3.8, 4) is 5.75 Å². The number of hydrogen-bond acceptors (Lipinski definition) is 10. The van der Waals surface area contributed by atoms with E-state index in [1.807, 2.05) is 64.6 Å². The van der Waals surface area contributed by atoms with Crippen molar-refractivity contribution in [3.63, 3.8) is 0 Å². The quantitative estimate of drug-likeness (QED) is 0.198. The Kier molecular flexibility index (Phi) is 16.0. The number of aliphatic hydroxyl groups excluding tert-OH is 1. The first-order valence-electron chi connectivity index (χ1n) is 21.4. The van der Waals surface area contributed by atoms with Gasteiger partial charge in [-0.1, -0.05) is 31.9 Å². The first-order chi connectivity index (χ1) is 29.0. The highest BCUT2D eigenvalue weighted by Crippen LogP contribution is 2.35. The molecule has 17 heteroatoms. The normalized spacial score (nSPS) is 22.1. The van der Waals surface area contributed by atoms with Crippen LogP contribution in [-0.2, 0) is 18.9 Å². The maximum atomic E-state index is 13.7. The number of carbonyl (C=O) groups is 2. The van der Waals surface area contributed by atoms with Gasteiger partial charge in [0.15, 0.2) is 12.5 Å². The summed E-state index contributed by atoms with van der Waals surface area (Å²) in [6.45, 7) is 16.1. The van der Waals surface area contributed by atoms with Crippen LogP contribution in [0.5, 0.6) is 5.75 Å². The van der Waals surface area contributed by atoms with Crippen LogP contribution in [0.1, 0.15) is 105 Å². The Labute approximate surface area is 374 Å². The summed E-state index contributed by atoms with van der Waals surface area (Å²) in [5.41, 5.74) is 0.876. The molecule has 4 atom stereocenters. The number of hydrogen-bond donors (Lipinski definition) is 1. The van der Waals surface area contributed by atoms with Gasteiger partial charge in [-0.2, -0.15) is 10.2 Å². The van der Waals surface area contributed by atoms with Crippen LogP contribution in [0.3, 0.4) is 0 Å². The van der Waals surface area contributed by atoms with E-state index in [1.54, 1.807) is 20.7 Å². The van der Waals surface area contributed by atoms with Crippen LogP contribution >= 0.6 is 31.9 Å². The molecule has 2 aromatic heterocycles. The Morgan fingerprint density at radius 2 is 1.23 bits per heavy atom. The van der Waals surface area contributed by atoms with Crippen LogP contribution in [0.25, 0.3) is 21.8 Å². The molecule has 8 rings (SSSR count). The van der Waals surface area contributed by atoms with Gasteiger partial charge in [-0.15, -0.1) is 0 Å². The number of aromatic nitrogens is 4. The van der Waals surface area contributed by atoms with Gasteiger partial charge in [0, 0.05) is 66.8 Å². The van der Waals surface area contributed by atoms with Crippen LogP contribution in [0.4, 0.5) is 14.0 Å². The second-order valence-corrected chi connectivity index (χ2v) is 20.0. The molecule has 61 heavy (non-hydrogen) atoms. The molecule has 4 fully saturated rings. The maximum absolute atomic E-state index is 13.7. The van der Waals surface area contributed by atoms with Crippen LogP contribution < -0.4 is 4.74 Å². The lowest BCUT2D eigenvalue weighted by molar-refractivity contribution is -0.0367. The predicted molar refractivity (Wildman–Crippen MR) is 237 cm³/mol. The Bertz CT molecular complexity index is 2090. The third-order valence-electron chi connectivity index (χ3n) is 10.7. The topological polar surface area (TPSA) is 143 Å². The molecular formula is C44H61Br2FN6O8. The summed E-state index contributed by atoms with van der Waals surface area (Å²) in [5.74, 6) is 1.05. The van der Waals surface area contributed by atoms with Crippen molar-refractivity contribution in [3.05, 3.63) is 51.4 Å². The van der Waals surface area contributed by atoms with Crippen LogP contribution in [0, 0.1) is 17.7 Å². The molecule has 2 unspecified atom stereocenters. The second kappa shape index (κ2) is 20.8. The fourth-order valence-electron chi connectivity index (χ4n) is 7.71. The molecule has 0 bridgehead atoms. The molecule has 336 valence electrons. The molecule has 0 aliphatic carbocycles. The van der Waals surface area contributed by atoms with Gasteiger partial charge < -0.3 is 38.6 Å². The Morgan fingerprint density at radius 1 is 0.738 bits per heavy atom. The number of aliphatic hydroxyl groups is 1. The highest BCUT2D eigenvalue weighted by molar-refractivity contribution is 9.10. The van der Waals surface area contributed by atoms with Gasteiger partial charge in [0.05, 0.1) is 40.8 Å². The van der Waals surface area contributed by atoms with E-state index in [0.717, 1.165) is 95.7 Å². The monoisotopic (exact) mass is 978 g/mol. The van der Waals surface area contributed by atoms with Crippen molar-refractivity contribution in [2.24, 2.45) is 11.8 Å². The minimum atomic E-state index is -0.476. The number of carbonyl (C=O) groups excluding carboxylic acids is 2. The SMILES string of the molecule is CC(C)(C)OC(=O)N1CC[C@H](CO)C1.CC(C)(C)OC(=O)N1CC[C@H](COc2cc(Br)cc3c2cnn3C2CCCCO2)C1.Fc1cc(Br)cc2c1cnn2C1CCCCO1. The molecule has 0 saturated carbocycles. The Balaban J connectivity index is 0.000000169. The molecular weight excluding hydrogens is 919 g/mol. The zero-order chi connectivity index (χ0) is 43.9. The molecule has 14 nitrogen and oxygen atoms in total. The predicted octanol–water partition coefficient (Wildman–Crippen LogP) is 10.0. The van der Waals surface area contributed by atoms with E-state index < -0.39 is 11.2 Å². The molecule has 4 aromatic rings. The van der Waals surface area contributed by atoms with Gasteiger partial charge in [-0.3, -0.25) is 0 Å². The first kappa shape index (κ1) is 47.0. The summed E-state index contributed by atoms with van der Waals surface area (Å²) in [6.07, 6.45) is 11.0. The largest absolute Gasteiger partial charge is 0.492 e. The molecule has 2 amide bonds.